The van der Waals surface area contributed by atoms with E-state index in [0.717, 1.165) is 22.4 Å². The number of benzene rings is 3. The molecule has 0 aliphatic rings. The Bertz CT molecular complexity index is 1110. The van der Waals surface area contributed by atoms with Crippen LogP contribution < -0.4 is 5.32 Å². The number of aryl methyl sites for hydroxylation is 2. The molecule has 0 saturated heterocycles. The van der Waals surface area contributed by atoms with Crippen LogP contribution in [0.1, 0.15) is 38.7 Å². The predicted molar refractivity (Wildman–Crippen MR) is 111 cm³/mol. The van der Waals surface area contributed by atoms with Crippen molar-refractivity contribution in [1.29, 1.82) is 0 Å². The van der Waals surface area contributed by atoms with E-state index in [1.54, 1.807) is 10.7 Å². The second-order valence-electron chi connectivity index (χ2n) is 6.98. The summed E-state index contributed by atoms with van der Waals surface area (Å²) >= 11 is 0. The first-order valence-electron chi connectivity index (χ1n) is 9.38. The minimum absolute atomic E-state index is 0.134. The molecular formula is C23H21N5O. The van der Waals surface area contributed by atoms with Crippen LogP contribution in [0.2, 0.25) is 0 Å². The number of hydrogen-bond acceptors (Lipinski definition) is 4. The van der Waals surface area contributed by atoms with E-state index in [1.807, 2.05) is 49.4 Å². The molecule has 0 fully saturated rings. The van der Waals surface area contributed by atoms with Crippen LogP contribution >= 0.6 is 0 Å². The fraction of sp³-hybridized carbons (Fsp3) is 0.130. The Morgan fingerprint density at radius 1 is 0.931 bits per heavy atom. The average molecular weight is 383 g/mol. The lowest BCUT2D eigenvalue weighted by Crippen LogP contribution is -2.29. The molecule has 1 aromatic heterocycles. The molecule has 1 amide bonds. The van der Waals surface area contributed by atoms with Gasteiger partial charge < -0.3 is 5.32 Å². The molecule has 0 saturated carbocycles. The smallest absolute Gasteiger partial charge is 0.252 e. The molecule has 4 aromatic rings. The lowest BCUT2D eigenvalue weighted by atomic mass is 9.97. The molecule has 0 radical (unpaired) electrons. The van der Waals surface area contributed by atoms with Gasteiger partial charge in [-0.15, -0.1) is 5.10 Å². The predicted octanol–water partition coefficient (Wildman–Crippen LogP) is 3.80. The van der Waals surface area contributed by atoms with Gasteiger partial charge in [-0.3, -0.25) is 4.79 Å². The van der Waals surface area contributed by atoms with E-state index in [1.165, 1.54) is 11.9 Å². The van der Waals surface area contributed by atoms with E-state index in [9.17, 15) is 4.79 Å². The number of nitrogens with one attached hydrogen (secondary N) is 1. The highest BCUT2D eigenvalue weighted by Crippen LogP contribution is 2.23. The lowest BCUT2D eigenvalue weighted by molar-refractivity contribution is 0.0943. The third-order valence-corrected chi connectivity index (χ3v) is 4.87. The Hall–Kier alpha value is -3.80. The highest BCUT2D eigenvalue weighted by molar-refractivity contribution is 5.95. The third-order valence-electron chi connectivity index (χ3n) is 4.87. The molecule has 0 aliphatic carbocycles. The quantitative estimate of drug-likeness (QED) is 0.569. The number of tetrazole rings is 1. The van der Waals surface area contributed by atoms with Crippen molar-refractivity contribution in [3.63, 3.8) is 0 Å². The molecule has 144 valence electrons. The molecule has 1 heterocycles. The lowest BCUT2D eigenvalue weighted by Gasteiger charge is -2.20. The van der Waals surface area contributed by atoms with Gasteiger partial charge in [0, 0.05) is 5.56 Å². The topological polar surface area (TPSA) is 72.7 Å². The molecule has 1 atom stereocenters. The maximum Gasteiger partial charge on any atom is 0.252 e. The summed E-state index contributed by atoms with van der Waals surface area (Å²) in [6.45, 7) is 3.98. The summed E-state index contributed by atoms with van der Waals surface area (Å²) in [6, 6.07) is 23.5. The zero-order valence-corrected chi connectivity index (χ0v) is 16.3. The van der Waals surface area contributed by atoms with Crippen molar-refractivity contribution >= 4 is 5.91 Å². The Kier molecular flexibility index (Phi) is 5.16. The van der Waals surface area contributed by atoms with E-state index in [2.05, 4.69) is 52.0 Å². The maximum absolute atomic E-state index is 13.1. The first-order chi connectivity index (χ1) is 14.1. The number of aromatic nitrogens is 4. The standard InChI is InChI=1S/C23H21N5O/c1-16-8-10-19(11-9-16)22(18-6-4-3-5-7-18)25-23(29)20-12-13-21(17(2)14-20)28-15-24-26-27-28/h3-15,22H,1-2H3,(H,25,29). The van der Waals surface area contributed by atoms with E-state index in [-0.39, 0.29) is 11.9 Å². The molecule has 0 spiro atoms. The number of rotatable bonds is 5. The average Bonchev–Trinajstić information content (AvgIpc) is 3.28. The van der Waals surface area contributed by atoms with Crippen molar-refractivity contribution in [3.05, 3.63) is 107 Å². The van der Waals surface area contributed by atoms with Gasteiger partial charge in [0.1, 0.15) is 6.33 Å². The van der Waals surface area contributed by atoms with Gasteiger partial charge in [-0.2, -0.15) is 0 Å². The summed E-state index contributed by atoms with van der Waals surface area (Å²) in [6.07, 6.45) is 1.53. The Balaban J connectivity index is 1.63. The number of amides is 1. The zero-order valence-electron chi connectivity index (χ0n) is 16.3. The van der Waals surface area contributed by atoms with Gasteiger partial charge in [0.05, 0.1) is 11.7 Å². The SMILES string of the molecule is Cc1ccc(C(NC(=O)c2ccc(-n3cnnn3)c(C)c2)c2ccccc2)cc1. The largest absolute Gasteiger partial charge is 0.341 e. The molecule has 6 heteroatoms. The summed E-state index contributed by atoms with van der Waals surface area (Å²) in [7, 11) is 0. The van der Waals surface area contributed by atoms with E-state index in [0.29, 0.717) is 5.56 Å². The van der Waals surface area contributed by atoms with Crippen molar-refractivity contribution in [1.82, 2.24) is 25.5 Å². The summed E-state index contributed by atoms with van der Waals surface area (Å²) in [4.78, 5) is 13.1. The zero-order chi connectivity index (χ0) is 20.2. The Morgan fingerprint density at radius 3 is 2.31 bits per heavy atom. The van der Waals surface area contributed by atoms with E-state index in [4.69, 9.17) is 0 Å². The van der Waals surface area contributed by atoms with Crippen LogP contribution in [-0.4, -0.2) is 26.1 Å². The van der Waals surface area contributed by atoms with Crippen LogP contribution in [0.25, 0.3) is 5.69 Å². The fourth-order valence-electron chi connectivity index (χ4n) is 3.30. The molecule has 6 nitrogen and oxygen atoms in total. The van der Waals surface area contributed by atoms with Gasteiger partial charge in [-0.25, -0.2) is 4.68 Å². The molecule has 0 bridgehead atoms. The van der Waals surface area contributed by atoms with Crippen molar-refractivity contribution < 1.29 is 4.79 Å². The molecule has 3 aromatic carbocycles. The summed E-state index contributed by atoms with van der Waals surface area (Å²) in [5, 5.41) is 14.4. The van der Waals surface area contributed by atoms with Gasteiger partial charge in [0.25, 0.3) is 5.91 Å². The minimum Gasteiger partial charge on any atom is -0.341 e. The van der Waals surface area contributed by atoms with Gasteiger partial charge in [-0.1, -0.05) is 60.2 Å². The van der Waals surface area contributed by atoms with Crippen LogP contribution in [0.15, 0.2) is 79.1 Å². The monoisotopic (exact) mass is 383 g/mol. The summed E-state index contributed by atoms with van der Waals surface area (Å²) in [5.74, 6) is -0.134. The van der Waals surface area contributed by atoms with Crippen molar-refractivity contribution in [2.24, 2.45) is 0 Å². The first-order valence-corrected chi connectivity index (χ1v) is 9.38. The molecule has 1 N–H and O–H groups in total. The van der Waals surface area contributed by atoms with Crippen LogP contribution in [0, 0.1) is 13.8 Å². The highest BCUT2D eigenvalue weighted by Gasteiger charge is 2.18. The molecule has 0 aliphatic heterocycles. The van der Waals surface area contributed by atoms with Gasteiger partial charge >= 0.3 is 0 Å². The summed E-state index contributed by atoms with van der Waals surface area (Å²) < 4.78 is 1.58. The van der Waals surface area contributed by atoms with Crippen LogP contribution in [-0.2, 0) is 0 Å². The molecule has 1 unspecified atom stereocenters. The normalized spacial score (nSPS) is 11.8. The van der Waals surface area contributed by atoms with Gasteiger partial charge in [-0.05, 0) is 59.2 Å². The van der Waals surface area contributed by atoms with E-state index >= 15 is 0 Å². The van der Waals surface area contributed by atoms with Crippen LogP contribution in [0.3, 0.4) is 0 Å². The maximum atomic E-state index is 13.1. The number of nitrogens with zero attached hydrogens (tertiary/aromatic N) is 4. The third kappa shape index (κ3) is 4.06. The van der Waals surface area contributed by atoms with Crippen molar-refractivity contribution in [2.45, 2.75) is 19.9 Å². The minimum atomic E-state index is -0.233. The second-order valence-corrected chi connectivity index (χ2v) is 6.98. The first kappa shape index (κ1) is 18.6. The summed E-state index contributed by atoms with van der Waals surface area (Å²) in [5.41, 5.74) is 5.60. The second kappa shape index (κ2) is 8.06. The molecular weight excluding hydrogens is 362 g/mol. The number of hydrogen-bond donors (Lipinski definition) is 1. The molecule has 4 rings (SSSR count). The Labute approximate surface area is 169 Å². The van der Waals surface area contributed by atoms with Crippen molar-refractivity contribution in [2.75, 3.05) is 0 Å². The van der Waals surface area contributed by atoms with E-state index < -0.39 is 0 Å². The van der Waals surface area contributed by atoms with Crippen LogP contribution in [0.5, 0.6) is 0 Å². The van der Waals surface area contributed by atoms with Gasteiger partial charge in [0.2, 0.25) is 0 Å². The number of carbonyl (C=O) groups is 1. The number of carbonyl (C=O) groups excluding carboxylic acids is 1. The highest BCUT2D eigenvalue weighted by atomic mass is 16.1. The Morgan fingerprint density at radius 2 is 1.66 bits per heavy atom. The van der Waals surface area contributed by atoms with Crippen LogP contribution in [0.4, 0.5) is 0 Å². The molecule has 29 heavy (non-hydrogen) atoms. The van der Waals surface area contributed by atoms with Gasteiger partial charge in [0.15, 0.2) is 0 Å². The van der Waals surface area contributed by atoms with Crippen molar-refractivity contribution in [3.8, 4) is 5.69 Å². The fourth-order valence-corrected chi connectivity index (χ4v) is 3.30.